The van der Waals surface area contributed by atoms with E-state index in [9.17, 15) is 19.3 Å². The lowest BCUT2D eigenvalue weighted by molar-refractivity contribution is -0.385. The summed E-state index contributed by atoms with van der Waals surface area (Å²) >= 11 is 0. The van der Waals surface area contributed by atoms with Crippen LogP contribution in [0.3, 0.4) is 0 Å². The molecule has 74 valence electrons. The summed E-state index contributed by atoms with van der Waals surface area (Å²) in [5.74, 6) is -1.21. The molecule has 1 aromatic carbocycles. The van der Waals surface area contributed by atoms with Crippen LogP contribution in [0.4, 0.5) is 10.1 Å². The average molecular weight is 197 g/mol. The molecule has 0 bridgehead atoms. The largest absolute Gasteiger partial charge is 0.294 e. The Labute approximate surface area is 79.5 Å². The Balaban J connectivity index is 3.43. The van der Waals surface area contributed by atoms with Crippen LogP contribution < -0.4 is 0 Å². The number of benzene rings is 1. The van der Waals surface area contributed by atoms with Crippen LogP contribution in [0, 0.1) is 22.9 Å². The van der Waals surface area contributed by atoms with Gasteiger partial charge in [0.2, 0.25) is 0 Å². The Hall–Kier alpha value is -1.78. The van der Waals surface area contributed by atoms with Crippen molar-refractivity contribution in [2.75, 3.05) is 0 Å². The molecule has 0 aliphatic carbocycles. The number of Topliss-reactive ketones (excluding diaryl/α,β-unsaturated/α-hetero) is 1. The van der Waals surface area contributed by atoms with Gasteiger partial charge in [0.05, 0.1) is 10.5 Å². The van der Waals surface area contributed by atoms with E-state index in [1.807, 2.05) is 0 Å². The molecule has 0 saturated heterocycles. The normalized spacial score (nSPS) is 9.93. The van der Waals surface area contributed by atoms with Crippen molar-refractivity contribution >= 4 is 11.5 Å². The smallest absolute Gasteiger partial charge is 0.270 e. The van der Waals surface area contributed by atoms with E-state index in [4.69, 9.17) is 0 Å². The first-order chi connectivity index (χ1) is 6.43. The lowest BCUT2D eigenvalue weighted by atomic mass is 10.1. The second kappa shape index (κ2) is 3.53. The van der Waals surface area contributed by atoms with Gasteiger partial charge in [-0.15, -0.1) is 0 Å². The molecule has 1 aromatic rings. The predicted octanol–water partition coefficient (Wildman–Crippen LogP) is 2.24. The molecule has 4 nitrogen and oxygen atoms in total. The van der Waals surface area contributed by atoms with Gasteiger partial charge in [0, 0.05) is 12.1 Å². The fraction of sp³-hybridized carbons (Fsp3) is 0.222. The summed E-state index contributed by atoms with van der Waals surface area (Å²) in [6.07, 6.45) is 0. The van der Waals surface area contributed by atoms with Crippen molar-refractivity contribution in [2.45, 2.75) is 13.8 Å². The molecular formula is C9H8FNO3. The zero-order valence-electron chi connectivity index (χ0n) is 7.70. The number of carbonyl (C=O) groups is 1. The molecule has 0 aliphatic rings. The molecule has 0 heterocycles. The summed E-state index contributed by atoms with van der Waals surface area (Å²) in [4.78, 5) is 20.7. The van der Waals surface area contributed by atoms with Gasteiger partial charge < -0.3 is 0 Å². The van der Waals surface area contributed by atoms with Crippen LogP contribution in [-0.2, 0) is 0 Å². The van der Waals surface area contributed by atoms with Gasteiger partial charge in [-0.05, 0) is 19.4 Å². The minimum atomic E-state index is -0.692. The van der Waals surface area contributed by atoms with Gasteiger partial charge in [-0.1, -0.05) is 0 Å². The van der Waals surface area contributed by atoms with Crippen molar-refractivity contribution in [3.8, 4) is 0 Å². The molecule has 0 saturated carbocycles. The number of rotatable bonds is 2. The summed E-state index contributed by atoms with van der Waals surface area (Å²) in [5.41, 5.74) is -0.407. The van der Waals surface area contributed by atoms with Gasteiger partial charge in [-0.2, -0.15) is 0 Å². The van der Waals surface area contributed by atoms with E-state index in [1.54, 1.807) is 0 Å². The maximum atomic E-state index is 13.3. The van der Waals surface area contributed by atoms with Crippen LogP contribution in [0.15, 0.2) is 12.1 Å². The summed E-state index contributed by atoms with van der Waals surface area (Å²) in [5, 5.41) is 10.4. The van der Waals surface area contributed by atoms with Crippen LogP contribution in [0.1, 0.15) is 22.8 Å². The molecule has 5 heteroatoms. The van der Waals surface area contributed by atoms with Crippen molar-refractivity contribution in [2.24, 2.45) is 0 Å². The monoisotopic (exact) mass is 197 g/mol. The Morgan fingerprint density at radius 1 is 1.50 bits per heavy atom. The number of nitro benzene ring substituents is 1. The average Bonchev–Trinajstić information content (AvgIpc) is 2.08. The Kier molecular flexibility index (Phi) is 2.60. The lowest BCUT2D eigenvalue weighted by Gasteiger charge is -2.01. The fourth-order valence-corrected chi connectivity index (χ4v) is 1.11. The van der Waals surface area contributed by atoms with Gasteiger partial charge in [-0.25, -0.2) is 4.39 Å². The Morgan fingerprint density at radius 3 is 2.50 bits per heavy atom. The first kappa shape index (κ1) is 10.3. The standard InChI is InChI=1S/C9H8FNO3/c1-5-3-7(11(13)14)4-8(6(2)12)9(5)10/h3-4H,1-2H3. The molecule has 0 unspecified atom stereocenters. The van der Waals surface area contributed by atoms with Crippen LogP contribution in [-0.4, -0.2) is 10.7 Å². The highest BCUT2D eigenvalue weighted by molar-refractivity contribution is 5.95. The first-order valence-electron chi connectivity index (χ1n) is 3.89. The summed E-state index contributed by atoms with van der Waals surface area (Å²) < 4.78 is 13.3. The van der Waals surface area contributed by atoms with Crippen LogP contribution in [0.2, 0.25) is 0 Å². The number of halogens is 1. The third kappa shape index (κ3) is 1.76. The summed E-state index contributed by atoms with van der Waals surface area (Å²) in [6, 6.07) is 2.05. The van der Waals surface area contributed by atoms with E-state index >= 15 is 0 Å². The van der Waals surface area contributed by atoms with Crippen molar-refractivity contribution in [3.63, 3.8) is 0 Å². The molecule has 1 rings (SSSR count). The third-order valence-corrected chi connectivity index (χ3v) is 1.83. The molecular weight excluding hydrogens is 189 g/mol. The van der Waals surface area contributed by atoms with E-state index in [-0.39, 0.29) is 16.8 Å². The van der Waals surface area contributed by atoms with Gasteiger partial charge in [-0.3, -0.25) is 14.9 Å². The van der Waals surface area contributed by atoms with Crippen molar-refractivity contribution < 1.29 is 14.1 Å². The first-order valence-corrected chi connectivity index (χ1v) is 3.89. The zero-order chi connectivity index (χ0) is 10.9. The number of hydrogen-bond donors (Lipinski definition) is 0. The Morgan fingerprint density at radius 2 is 2.07 bits per heavy atom. The highest BCUT2D eigenvalue weighted by atomic mass is 19.1. The van der Waals surface area contributed by atoms with Gasteiger partial charge in [0.25, 0.3) is 5.69 Å². The predicted molar refractivity (Wildman–Crippen MR) is 47.8 cm³/mol. The molecule has 0 atom stereocenters. The van der Waals surface area contributed by atoms with E-state index in [1.165, 1.54) is 13.8 Å². The fourth-order valence-electron chi connectivity index (χ4n) is 1.11. The number of hydrogen-bond acceptors (Lipinski definition) is 3. The third-order valence-electron chi connectivity index (χ3n) is 1.83. The number of nitrogens with zero attached hydrogens (tertiary/aromatic N) is 1. The highest BCUT2D eigenvalue weighted by Crippen LogP contribution is 2.21. The number of non-ortho nitro benzene ring substituents is 1. The van der Waals surface area contributed by atoms with E-state index < -0.39 is 16.5 Å². The summed E-state index contributed by atoms with van der Waals surface area (Å²) in [6.45, 7) is 2.55. The van der Waals surface area contributed by atoms with E-state index in [2.05, 4.69) is 0 Å². The summed E-state index contributed by atoms with van der Waals surface area (Å²) in [7, 11) is 0. The minimum Gasteiger partial charge on any atom is -0.294 e. The number of ketones is 1. The zero-order valence-corrected chi connectivity index (χ0v) is 7.70. The molecule has 0 radical (unpaired) electrons. The van der Waals surface area contributed by atoms with Crippen molar-refractivity contribution in [1.29, 1.82) is 0 Å². The van der Waals surface area contributed by atoms with Gasteiger partial charge >= 0.3 is 0 Å². The number of carbonyl (C=O) groups excluding carboxylic acids is 1. The molecule has 0 aromatic heterocycles. The SMILES string of the molecule is CC(=O)c1cc([N+](=O)[O-])cc(C)c1F. The van der Waals surface area contributed by atoms with E-state index in [0.29, 0.717) is 0 Å². The second-order valence-electron chi connectivity index (χ2n) is 2.94. The van der Waals surface area contributed by atoms with Crippen LogP contribution in [0.5, 0.6) is 0 Å². The lowest BCUT2D eigenvalue weighted by Crippen LogP contribution is -2.01. The molecule has 0 amide bonds. The van der Waals surface area contributed by atoms with Gasteiger partial charge in [0.1, 0.15) is 5.82 Å². The quantitative estimate of drug-likeness (QED) is 0.415. The minimum absolute atomic E-state index is 0.101. The molecule has 0 N–H and O–H groups in total. The maximum Gasteiger partial charge on any atom is 0.270 e. The van der Waals surface area contributed by atoms with E-state index in [0.717, 1.165) is 12.1 Å². The molecule has 0 fully saturated rings. The van der Waals surface area contributed by atoms with Crippen LogP contribution >= 0.6 is 0 Å². The highest BCUT2D eigenvalue weighted by Gasteiger charge is 2.16. The number of aryl methyl sites for hydroxylation is 1. The number of nitro groups is 1. The Bertz CT molecular complexity index is 415. The van der Waals surface area contributed by atoms with Gasteiger partial charge in [0.15, 0.2) is 5.78 Å². The molecule has 0 spiro atoms. The van der Waals surface area contributed by atoms with Crippen molar-refractivity contribution in [1.82, 2.24) is 0 Å². The second-order valence-corrected chi connectivity index (χ2v) is 2.94. The topological polar surface area (TPSA) is 60.2 Å². The molecule has 0 aliphatic heterocycles. The van der Waals surface area contributed by atoms with Crippen LogP contribution in [0.25, 0.3) is 0 Å². The maximum absolute atomic E-state index is 13.3. The molecule has 14 heavy (non-hydrogen) atoms. The van der Waals surface area contributed by atoms with Crippen molar-refractivity contribution in [3.05, 3.63) is 39.2 Å².